The van der Waals surface area contributed by atoms with Crippen LogP contribution in [0.3, 0.4) is 0 Å². The number of nitrogens with zero attached hydrogens (tertiary/aromatic N) is 2. The van der Waals surface area contributed by atoms with Gasteiger partial charge in [0, 0.05) is 11.8 Å². The number of H-pyrrole nitrogens is 1. The van der Waals surface area contributed by atoms with Crippen molar-refractivity contribution >= 4 is 17.0 Å². The zero-order valence-corrected chi connectivity index (χ0v) is 13.6. The molecule has 122 valence electrons. The Morgan fingerprint density at radius 1 is 0.920 bits per heavy atom. The van der Waals surface area contributed by atoms with Crippen LogP contribution in [-0.2, 0) is 4.74 Å². The van der Waals surface area contributed by atoms with Crippen LogP contribution in [0, 0.1) is 0 Å². The van der Waals surface area contributed by atoms with E-state index < -0.39 is 0 Å². The van der Waals surface area contributed by atoms with Crippen LogP contribution in [0.25, 0.3) is 33.5 Å². The molecule has 0 aliphatic rings. The van der Waals surface area contributed by atoms with Crippen molar-refractivity contribution in [3.8, 4) is 22.5 Å². The fraction of sp³-hybridized carbons (Fsp3) is 0.0500. The normalized spacial score (nSPS) is 10.8. The lowest BCUT2D eigenvalue weighted by molar-refractivity contribution is 0.0601. The Kier molecular flexibility index (Phi) is 3.74. The summed E-state index contributed by atoms with van der Waals surface area (Å²) in [6, 6.07) is 17.4. The van der Waals surface area contributed by atoms with Crippen LogP contribution in [0.5, 0.6) is 0 Å². The molecule has 1 N–H and O–H groups in total. The van der Waals surface area contributed by atoms with Crippen molar-refractivity contribution in [3.05, 3.63) is 72.6 Å². The van der Waals surface area contributed by atoms with E-state index in [1.54, 1.807) is 24.5 Å². The van der Waals surface area contributed by atoms with E-state index in [0.717, 1.165) is 33.5 Å². The zero-order chi connectivity index (χ0) is 17.2. The number of nitrogens with one attached hydrogen (secondary N) is 1. The molecular weight excluding hydrogens is 314 g/mol. The highest BCUT2D eigenvalue weighted by molar-refractivity contribution is 5.90. The van der Waals surface area contributed by atoms with Gasteiger partial charge in [-0.05, 0) is 29.3 Å². The van der Waals surface area contributed by atoms with Crippen molar-refractivity contribution in [3.63, 3.8) is 0 Å². The summed E-state index contributed by atoms with van der Waals surface area (Å²) in [5.74, 6) is 0.483. The van der Waals surface area contributed by atoms with Gasteiger partial charge in [-0.3, -0.25) is 4.98 Å². The number of rotatable bonds is 3. The van der Waals surface area contributed by atoms with Gasteiger partial charge in [0.25, 0.3) is 0 Å². The third-order valence-electron chi connectivity index (χ3n) is 4.08. The van der Waals surface area contributed by atoms with Crippen molar-refractivity contribution in [2.75, 3.05) is 7.11 Å². The Hall–Kier alpha value is -3.47. The van der Waals surface area contributed by atoms with E-state index in [-0.39, 0.29) is 5.97 Å². The van der Waals surface area contributed by atoms with E-state index in [2.05, 4.69) is 15.0 Å². The van der Waals surface area contributed by atoms with Crippen LogP contribution in [0.4, 0.5) is 0 Å². The quantitative estimate of drug-likeness (QED) is 0.575. The Balaban J connectivity index is 1.62. The Morgan fingerprint density at radius 2 is 1.56 bits per heavy atom. The number of fused-ring (bicyclic) bond motifs is 1. The van der Waals surface area contributed by atoms with Crippen molar-refractivity contribution in [1.82, 2.24) is 15.0 Å². The van der Waals surface area contributed by atoms with Crippen LogP contribution < -0.4 is 0 Å². The maximum Gasteiger partial charge on any atom is 0.337 e. The molecule has 0 saturated heterocycles. The summed E-state index contributed by atoms with van der Waals surface area (Å²) >= 11 is 0. The van der Waals surface area contributed by atoms with Crippen molar-refractivity contribution in [2.45, 2.75) is 0 Å². The number of hydrogen-bond acceptors (Lipinski definition) is 4. The van der Waals surface area contributed by atoms with Gasteiger partial charge in [-0.1, -0.05) is 36.4 Å². The number of ether oxygens (including phenoxy) is 1. The lowest BCUT2D eigenvalue weighted by Gasteiger charge is -2.04. The number of hydrogen-bond donors (Lipinski definition) is 1. The van der Waals surface area contributed by atoms with E-state index >= 15 is 0 Å². The predicted molar refractivity (Wildman–Crippen MR) is 96.1 cm³/mol. The first kappa shape index (κ1) is 15.1. The van der Waals surface area contributed by atoms with Gasteiger partial charge in [-0.2, -0.15) is 0 Å². The van der Waals surface area contributed by atoms with Gasteiger partial charge in [-0.15, -0.1) is 0 Å². The van der Waals surface area contributed by atoms with E-state index in [9.17, 15) is 4.79 Å². The van der Waals surface area contributed by atoms with Crippen LogP contribution in [0.1, 0.15) is 10.4 Å². The van der Waals surface area contributed by atoms with Gasteiger partial charge < -0.3 is 9.72 Å². The zero-order valence-electron chi connectivity index (χ0n) is 13.6. The number of aromatic nitrogens is 3. The number of carbonyl (C=O) groups is 1. The molecule has 0 aliphatic heterocycles. The van der Waals surface area contributed by atoms with Gasteiger partial charge >= 0.3 is 5.97 Å². The molecule has 2 aromatic carbocycles. The molecule has 2 aromatic heterocycles. The fourth-order valence-corrected chi connectivity index (χ4v) is 2.73. The lowest BCUT2D eigenvalue weighted by Crippen LogP contribution is -2.00. The fourth-order valence-electron chi connectivity index (χ4n) is 2.73. The monoisotopic (exact) mass is 329 g/mol. The molecule has 0 unspecified atom stereocenters. The predicted octanol–water partition coefficient (Wildman–Crippen LogP) is 4.08. The molecule has 4 aromatic rings. The summed E-state index contributed by atoms with van der Waals surface area (Å²) in [7, 11) is 1.38. The summed E-state index contributed by atoms with van der Waals surface area (Å²) in [5, 5.41) is 0. The second-order valence-electron chi connectivity index (χ2n) is 5.62. The van der Waals surface area contributed by atoms with Crippen LogP contribution in [0.15, 0.2) is 67.0 Å². The highest BCUT2D eigenvalue weighted by atomic mass is 16.5. The maximum absolute atomic E-state index is 11.5. The first-order valence-corrected chi connectivity index (χ1v) is 7.83. The van der Waals surface area contributed by atoms with Crippen molar-refractivity contribution in [1.29, 1.82) is 0 Å². The van der Waals surface area contributed by atoms with E-state index in [1.807, 2.05) is 42.5 Å². The Labute approximate surface area is 144 Å². The first-order valence-electron chi connectivity index (χ1n) is 7.83. The average molecular weight is 329 g/mol. The van der Waals surface area contributed by atoms with Crippen LogP contribution in [-0.4, -0.2) is 28.0 Å². The number of esters is 1. The second-order valence-corrected chi connectivity index (χ2v) is 5.62. The van der Waals surface area contributed by atoms with E-state index in [0.29, 0.717) is 5.56 Å². The standard InChI is InChI=1S/C20H15N3O2/c1-25-20(24)16-8-4-14(5-9-16)13-2-6-15(7-3-13)19-22-17-10-11-21-12-18(17)23-19/h2-12H,1H3,(H,22,23). The molecule has 0 aliphatic carbocycles. The minimum atomic E-state index is -0.332. The first-order chi connectivity index (χ1) is 12.2. The Morgan fingerprint density at radius 3 is 2.20 bits per heavy atom. The van der Waals surface area contributed by atoms with Crippen molar-refractivity contribution < 1.29 is 9.53 Å². The second kappa shape index (κ2) is 6.20. The molecule has 0 amide bonds. The molecule has 0 fully saturated rings. The van der Waals surface area contributed by atoms with Gasteiger partial charge in [0.05, 0.1) is 24.4 Å². The molecule has 0 atom stereocenters. The highest BCUT2D eigenvalue weighted by Crippen LogP contribution is 2.25. The summed E-state index contributed by atoms with van der Waals surface area (Å²) < 4.78 is 4.72. The molecule has 0 saturated carbocycles. The molecule has 5 nitrogen and oxygen atoms in total. The topological polar surface area (TPSA) is 67.9 Å². The summed E-state index contributed by atoms with van der Waals surface area (Å²) in [6.45, 7) is 0. The van der Waals surface area contributed by atoms with E-state index in [1.165, 1.54) is 7.11 Å². The van der Waals surface area contributed by atoms with Crippen LogP contribution in [0.2, 0.25) is 0 Å². The largest absolute Gasteiger partial charge is 0.465 e. The minimum Gasteiger partial charge on any atom is -0.465 e. The SMILES string of the molecule is COC(=O)c1ccc(-c2ccc(-c3nc4cnccc4[nH]3)cc2)cc1. The van der Waals surface area contributed by atoms with Crippen LogP contribution >= 0.6 is 0 Å². The maximum atomic E-state index is 11.5. The van der Waals surface area contributed by atoms with Gasteiger partial charge in [0.15, 0.2) is 0 Å². The van der Waals surface area contributed by atoms with Crippen molar-refractivity contribution in [2.24, 2.45) is 0 Å². The summed E-state index contributed by atoms with van der Waals surface area (Å²) in [5.41, 5.74) is 5.46. The number of methoxy groups -OCH3 is 1. The number of carbonyl (C=O) groups excluding carboxylic acids is 1. The van der Waals surface area contributed by atoms with Gasteiger partial charge in [0.1, 0.15) is 11.3 Å². The third kappa shape index (κ3) is 2.87. The number of benzene rings is 2. The summed E-state index contributed by atoms with van der Waals surface area (Å²) in [4.78, 5) is 23.4. The molecule has 0 bridgehead atoms. The molecule has 25 heavy (non-hydrogen) atoms. The number of imidazole rings is 1. The lowest BCUT2D eigenvalue weighted by atomic mass is 10.0. The highest BCUT2D eigenvalue weighted by Gasteiger charge is 2.07. The minimum absolute atomic E-state index is 0.332. The molecule has 0 radical (unpaired) electrons. The Bertz CT molecular complexity index is 1000. The molecule has 4 rings (SSSR count). The summed E-state index contributed by atoms with van der Waals surface area (Å²) in [6.07, 6.45) is 3.48. The van der Waals surface area contributed by atoms with Gasteiger partial charge in [0.2, 0.25) is 0 Å². The van der Waals surface area contributed by atoms with E-state index in [4.69, 9.17) is 4.74 Å². The average Bonchev–Trinajstić information content (AvgIpc) is 3.12. The number of pyridine rings is 1. The molecule has 0 spiro atoms. The third-order valence-corrected chi connectivity index (χ3v) is 4.08. The number of aromatic amines is 1. The van der Waals surface area contributed by atoms with Gasteiger partial charge in [-0.25, -0.2) is 9.78 Å². The smallest absolute Gasteiger partial charge is 0.337 e. The molecule has 5 heteroatoms. The molecular formula is C20H15N3O2. The molecule has 2 heterocycles.